The Morgan fingerprint density at radius 2 is 1.64 bits per heavy atom. The zero-order valence-corrected chi connectivity index (χ0v) is 21.7. The predicted octanol–water partition coefficient (Wildman–Crippen LogP) is 5.60. The molecule has 1 fully saturated rings. The Labute approximate surface area is 227 Å². The number of hydrogen-bond acceptors (Lipinski definition) is 6. The first-order valence-electron chi connectivity index (χ1n) is 12.5. The lowest BCUT2D eigenvalue weighted by atomic mass is 9.95. The number of nitrogens with zero attached hydrogens (tertiary/aromatic N) is 2. The van der Waals surface area contributed by atoms with Crippen LogP contribution >= 0.6 is 0 Å². The van der Waals surface area contributed by atoms with E-state index in [1.165, 1.54) is 4.90 Å². The van der Waals surface area contributed by atoms with Gasteiger partial charge in [0.2, 0.25) is 0 Å². The molecule has 0 aliphatic carbocycles. The van der Waals surface area contributed by atoms with Crippen LogP contribution in [0.3, 0.4) is 0 Å². The minimum atomic E-state index is -0.800. The number of ether oxygens (including phenoxy) is 2. The molecule has 0 saturated carbocycles. The van der Waals surface area contributed by atoms with E-state index < -0.39 is 17.7 Å². The van der Waals surface area contributed by atoms with E-state index in [0.29, 0.717) is 29.2 Å². The third-order valence-electron chi connectivity index (χ3n) is 6.67. The van der Waals surface area contributed by atoms with Crippen LogP contribution in [0.2, 0.25) is 0 Å². The first-order chi connectivity index (χ1) is 18.9. The molecule has 0 unspecified atom stereocenters. The molecule has 2 heterocycles. The number of pyridine rings is 1. The molecule has 39 heavy (non-hydrogen) atoms. The number of methoxy groups -OCH3 is 1. The smallest absolute Gasteiger partial charge is 0.295 e. The maximum absolute atomic E-state index is 13.3. The summed E-state index contributed by atoms with van der Waals surface area (Å²) in [5, 5.41) is 11.4. The van der Waals surface area contributed by atoms with Crippen molar-refractivity contribution in [2.24, 2.45) is 0 Å². The Hall–Kier alpha value is -4.91. The number of aryl methyl sites for hydroxylation is 1. The summed E-state index contributed by atoms with van der Waals surface area (Å²) in [6, 6.07) is 24.8. The highest BCUT2D eigenvalue weighted by atomic mass is 16.5. The van der Waals surface area contributed by atoms with E-state index in [1.54, 1.807) is 74.1 Å². The summed E-state index contributed by atoms with van der Waals surface area (Å²) in [4.78, 5) is 32.1. The second kappa shape index (κ2) is 11.2. The summed E-state index contributed by atoms with van der Waals surface area (Å²) in [6.07, 6.45) is 3.27. The molecule has 196 valence electrons. The van der Waals surface area contributed by atoms with Crippen molar-refractivity contribution in [2.45, 2.75) is 26.1 Å². The number of Topliss-reactive ketones (excluding diaryl/α,β-unsaturated/α-hetero) is 1. The fourth-order valence-electron chi connectivity index (χ4n) is 4.72. The highest BCUT2D eigenvalue weighted by Crippen LogP contribution is 2.41. The topological polar surface area (TPSA) is 89.0 Å². The number of rotatable bonds is 8. The van der Waals surface area contributed by atoms with E-state index in [2.05, 4.69) is 11.1 Å². The van der Waals surface area contributed by atoms with Crippen LogP contribution in [0.4, 0.5) is 0 Å². The van der Waals surface area contributed by atoms with Crippen LogP contribution in [0, 0.1) is 6.92 Å². The molecular formula is C32H28N2O5. The number of amides is 1. The lowest BCUT2D eigenvalue weighted by molar-refractivity contribution is -0.140. The van der Waals surface area contributed by atoms with Gasteiger partial charge in [0.1, 0.15) is 23.9 Å². The van der Waals surface area contributed by atoms with Crippen molar-refractivity contribution in [2.75, 3.05) is 7.11 Å². The van der Waals surface area contributed by atoms with Crippen molar-refractivity contribution in [1.82, 2.24) is 9.88 Å². The van der Waals surface area contributed by atoms with Crippen molar-refractivity contribution in [3.05, 3.63) is 131 Å². The number of carbonyl (C=O) groups is 2. The molecule has 1 saturated heterocycles. The van der Waals surface area contributed by atoms with Gasteiger partial charge in [0, 0.05) is 24.5 Å². The van der Waals surface area contributed by atoms with Gasteiger partial charge in [0.05, 0.1) is 18.7 Å². The normalized spacial score (nSPS) is 16.4. The quantitative estimate of drug-likeness (QED) is 0.185. The van der Waals surface area contributed by atoms with Gasteiger partial charge in [-0.2, -0.15) is 0 Å². The number of aromatic nitrogens is 1. The van der Waals surface area contributed by atoms with E-state index in [1.807, 2.05) is 31.2 Å². The third kappa shape index (κ3) is 5.52. The zero-order valence-electron chi connectivity index (χ0n) is 21.7. The predicted molar refractivity (Wildman–Crippen MR) is 147 cm³/mol. The molecular weight excluding hydrogens is 492 g/mol. The minimum Gasteiger partial charge on any atom is -0.507 e. The van der Waals surface area contributed by atoms with Gasteiger partial charge in [0.15, 0.2) is 0 Å². The number of likely N-dealkylation sites (tertiary alicyclic amines) is 1. The molecule has 7 nitrogen and oxygen atoms in total. The first-order valence-corrected chi connectivity index (χ1v) is 12.5. The molecule has 1 aliphatic rings. The Morgan fingerprint density at radius 1 is 0.897 bits per heavy atom. The number of ketones is 1. The van der Waals surface area contributed by atoms with Gasteiger partial charge in [-0.05, 0) is 72.1 Å². The Morgan fingerprint density at radius 3 is 2.36 bits per heavy atom. The lowest BCUT2D eigenvalue weighted by Gasteiger charge is -2.25. The first kappa shape index (κ1) is 25.7. The number of aliphatic hydroxyl groups excluding tert-OH is 1. The third-order valence-corrected chi connectivity index (χ3v) is 6.67. The second-order valence-corrected chi connectivity index (χ2v) is 9.36. The van der Waals surface area contributed by atoms with Crippen LogP contribution in [0.5, 0.6) is 11.5 Å². The summed E-state index contributed by atoms with van der Waals surface area (Å²) >= 11 is 0. The average Bonchev–Trinajstić information content (AvgIpc) is 3.21. The lowest BCUT2D eigenvalue weighted by Crippen LogP contribution is -2.29. The van der Waals surface area contributed by atoms with Crippen LogP contribution in [0.25, 0.3) is 5.76 Å². The highest BCUT2D eigenvalue weighted by Gasteiger charge is 2.46. The molecule has 1 N–H and O–H groups in total. The minimum absolute atomic E-state index is 0.0238. The maximum Gasteiger partial charge on any atom is 0.295 e. The maximum atomic E-state index is 13.3. The molecule has 3 aromatic carbocycles. The molecule has 1 amide bonds. The average molecular weight is 521 g/mol. The monoisotopic (exact) mass is 520 g/mol. The van der Waals surface area contributed by atoms with Gasteiger partial charge in [-0.1, -0.05) is 42.0 Å². The van der Waals surface area contributed by atoms with Crippen LogP contribution < -0.4 is 9.47 Å². The van der Waals surface area contributed by atoms with Crippen molar-refractivity contribution in [1.29, 1.82) is 0 Å². The van der Waals surface area contributed by atoms with Crippen LogP contribution in [-0.2, 0) is 22.7 Å². The van der Waals surface area contributed by atoms with Crippen molar-refractivity contribution in [3.63, 3.8) is 0 Å². The highest BCUT2D eigenvalue weighted by molar-refractivity contribution is 6.46. The largest absolute Gasteiger partial charge is 0.507 e. The molecule has 7 heteroatoms. The molecule has 0 radical (unpaired) electrons. The molecule has 4 aromatic rings. The van der Waals surface area contributed by atoms with Gasteiger partial charge in [-0.3, -0.25) is 14.6 Å². The molecule has 1 atom stereocenters. The van der Waals surface area contributed by atoms with Gasteiger partial charge in [0.25, 0.3) is 11.7 Å². The Balaban J connectivity index is 1.48. The Kier molecular flexibility index (Phi) is 7.41. The molecule has 0 bridgehead atoms. The van der Waals surface area contributed by atoms with Gasteiger partial charge >= 0.3 is 0 Å². The van der Waals surface area contributed by atoms with E-state index in [0.717, 1.165) is 16.7 Å². The van der Waals surface area contributed by atoms with Gasteiger partial charge in [-0.15, -0.1) is 0 Å². The Bertz CT molecular complexity index is 1530. The number of carbonyl (C=O) groups excluding carboxylic acids is 2. The summed E-state index contributed by atoms with van der Waals surface area (Å²) in [7, 11) is 1.55. The number of benzene rings is 3. The summed E-state index contributed by atoms with van der Waals surface area (Å²) in [5.74, 6) is -0.468. The van der Waals surface area contributed by atoms with E-state index >= 15 is 0 Å². The zero-order chi connectivity index (χ0) is 27.4. The molecule has 1 aliphatic heterocycles. The van der Waals surface area contributed by atoms with Crippen LogP contribution in [0.15, 0.2) is 103 Å². The van der Waals surface area contributed by atoms with E-state index in [9.17, 15) is 14.7 Å². The SMILES string of the molecule is COc1cccc([C@@H]2/C(=C(\O)c3ccc(OCc4cccc(C)c4)cc3)C(=O)C(=O)N2Cc2ccncc2)c1. The van der Waals surface area contributed by atoms with Crippen molar-refractivity contribution < 1.29 is 24.2 Å². The van der Waals surface area contributed by atoms with Gasteiger partial charge in [-0.25, -0.2) is 0 Å². The van der Waals surface area contributed by atoms with E-state index in [-0.39, 0.29) is 17.9 Å². The number of hydrogen-bond donors (Lipinski definition) is 1. The van der Waals surface area contributed by atoms with Crippen molar-refractivity contribution >= 4 is 17.4 Å². The number of aliphatic hydroxyl groups is 1. The van der Waals surface area contributed by atoms with Gasteiger partial charge < -0.3 is 19.5 Å². The summed E-state index contributed by atoms with van der Waals surface area (Å²) in [5.41, 5.74) is 4.11. The second-order valence-electron chi connectivity index (χ2n) is 9.36. The fraction of sp³-hybridized carbons (Fsp3) is 0.156. The molecule has 1 aromatic heterocycles. The van der Waals surface area contributed by atoms with E-state index in [4.69, 9.17) is 9.47 Å². The fourth-order valence-corrected chi connectivity index (χ4v) is 4.72. The summed E-state index contributed by atoms with van der Waals surface area (Å²) in [6.45, 7) is 2.61. The van der Waals surface area contributed by atoms with Crippen molar-refractivity contribution in [3.8, 4) is 11.5 Å². The molecule has 0 spiro atoms. The molecule has 5 rings (SSSR count). The van der Waals surface area contributed by atoms with Crippen LogP contribution in [-0.4, -0.2) is 33.8 Å². The summed E-state index contributed by atoms with van der Waals surface area (Å²) < 4.78 is 11.3. The standard InChI is InChI=1S/C32H28N2O5/c1-21-5-3-6-23(17-21)20-39-26-11-9-24(10-12-26)30(35)28-29(25-7-4-8-27(18-25)38-2)34(32(37)31(28)36)19-22-13-15-33-16-14-22/h3-18,29,35H,19-20H2,1-2H3/b30-28+/t29-/m1/s1. The van der Waals surface area contributed by atoms with Crippen LogP contribution in [0.1, 0.15) is 33.9 Å².